The van der Waals surface area contributed by atoms with Gasteiger partial charge in [0.1, 0.15) is 11.6 Å². The molecule has 1 saturated heterocycles. The molecule has 0 saturated carbocycles. The van der Waals surface area contributed by atoms with E-state index in [2.05, 4.69) is 10.3 Å². The number of aromatic nitrogens is 3. The van der Waals surface area contributed by atoms with Crippen LogP contribution in [-0.4, -0.2) is 85.4 Å². The second-order valence-corrected chi connectivity index (χ2v) is 10.2. The van der Waals surface area contributed by atoms with Crippen LogP contribution in [-0.2, 0) is 20.9 Å². The van der Waals surface area contributed by atoms with Crippen LogP contribution in [0.15, 0.2) is 24.3 Å². The van der Waals surface area contributed by atoms with Crippen LogP contribution in [0.1, 0.15) is 58.0 Å². The minimum atomic E-state index is -2.55. The number of nitrogens with zero attached hydrogens (tertiary/aromatic N) is 5. The zero-order valence-electron chi connectivity index (χ0n) is 22.0. The van der Waals surface area contributed by atoms with Crippen LogP contribution >= 0.6 is 0 Å². The second-order valence-electron chi connectivity index (χ2n) is 10.2. The fraction of sp³-hybridized carbons (Fsp3) is 0.600. The first-order chi connectivity index (χ1) is 17.3. The van der Waals surface area contributed by atoms with E-state index in [9.17, 15) is 23.5 Å². The Labute approximate surface area is 215 Å². The number of hydrogen-bond acceptors (Lipinski definition) is 7. The monoisotopic (exact) mass is 523 g/mol. The lowest BCUT2D eigenvalue weighted by Crippen LogP contribution is -2.61. The molecule has 1 fully saturated rings. The average molecular weight is 524 g/mol. The molecule has 1 aliphatic rings. The highest BCUT2D eigenvalue weighted by Gasteiger charge is 2.39. The minimum absolute atomic E-state index is 0.0766. The Kier molecular flexibility index (Phi) is 8.85. The number of halogens is 2. The fourth-order valence-corrected chi connectivity index (χ4v) is 4.08. The van der Waals surface area contributed by atoms with Crippen molar-refractivity contribution in [1.82, 2.24) is 24.8 Å². The molecule has 0 radical (unpaired) electrons. The van der Waals surface area contributed by atoms with Crippen molar-refractivity contribution in [3.63, 3.8) is 0 Å². The highest BCUT2D eigenvalue weighted by atomic mass is 19.3. The van der Waals surface area contributed by atoms with E-state index in [0.717, 1.165) is 0 Å². The molecule has 0 spiro atoms. The van der Waals surface area contributed by atoms with Crippen molar-refractivity contribution < 1.29 is 33.0 Å². The molecule has 2 aromatic rings. The molecule has 1 aromatic carbocycles. The van der Waals surface area contributed by atoms with Crippen molar-refractivity contribution in [3.8, 4) is 5.69 Å². The first kappa shape index (κ1) is 28.5. The van der Waals surface area contributed by atoms with Gasteiger partial charge in [-0.1, -0.05) is 17.3 Å². The lowest BCUT2D eigenvalue weighted by atomic mass is 10.1. The summed E-state index contributed by atoms with van der Waals surface area (Å²) in [5.74, 6) is -1.10. The third-order valence-electron chi connectivity index (χ3n) is 6.41. The normalized spacial score (nSPS) is 18.6. The number of ether oxygens (including phenoxy) is 2. The van der Waals surface area contributed by atoms with E-state index in [4.69, 9.17) is 9.47 Å². The first-order valence-electron chi connectivity index (χ1n) is 12.2. The molecule has 1 amide bonds. The summed E-state index contributed by atoms with van der Waals surface area (Å²) < 4.78 is 38.9. The predicted octanol–water partition coefficient (Wildman–Crippen LogP) is 3.81. The van der Waals surface area contributed by atoms with Crippen molar-refractivity contribution in [2.24, 2.45) is 0 Å². The summed E-state index contributed by atoms with van der Waals surface area (Å²) in [6.45, 7) is 11.8. The number of carbonyl (C=O) groups excluding carboxylic acids is 1. The van der Waals surface area contributed by atoms with Crippen LogP contribution in [0.4, 0.5) is 13.6 Å². The number of amides is 1. The van der Waals surface area contributed by atoms with Crippen molar-refractivity contribution >= 4 is 12.1 Å². The molecule has 1 N–H and O–H groups in total. The van der Waals surface area contributed by atoms with E-state index >= 15 is 0 Å². The number of aliphatic carboxylic acids is 1. The van der Waals surface area contributed by atoms with Gasteiger partial charge >= 0.3 is 12.1 Å². The van der Waals surface area contributed by atoms with Crippen LogP contribution in [0.5, 0.6) is 0 Å². The second kappa shape index (κ2) is 11.5. The van der Waals surface area contributed by atoms with E-state index < -0.39 is 30.1 Å². The van der Waals surface area contributed by atoms with Gasteiger partial charge in [0.05, 0.1) is 29.8 Å². The molecule has 0 aliphatic carbocycles. The molecule has 3 rings (SSSR count). The van der Waals surface area contributed by atoms with E-state index in [-0.39, 0.29) is 37.4 Å². The van der Waals surface area contributed by atoms with Crippen molar-refractivity contribution in [3.05, 3.63) is 41.2 Å². The summed E-state index contributed by atoms with van der Waals surface area (Å²) in [7, 11) is 0. The highest BCUT2D eigenvalue weighted by molar-refractivity contribution is 5.80. The maximum absolute atomic E-state index is 12.9. The van der Waals surface area contributed by atoms with E-state index in [1.165, 1.54) is 17.0 Å². The zero-order chi connectivity index (χ0) is 27.5. The van der Waals surface area contributed by atoms with Crippen molar-refractivity contribution in [2.45, 2.75) is 78.4 Å². The smallest absolute Gasteiger partial charge is 0.411 e. The summed E-state index contributed by atoms with van der Waals surface area (Å²) in [6.07, 6.45) is -3.50. The molecule has 3 atom stereocenters. The fourth-order valence-electron chi connectivity index (χ4n) is 4.08. The number of carbonyl (C=O) groups is 2. The Morgan fingerprint density at radius 2 is 1.81 bits per heavy atom. The Bertz CT molecular complexity index is 1090. The summed E-state index contributed by atoms with van der Waals surface area (Å²) in [5.41, 5.74) is 1.12. The average Bonchev–Trinajstić information content (AvgIpc) is 3.20. The van der Waals surface area contributed by atoms with Crippen LogP contribution in [0.2, 0.25) is 0 Å². The molecular weight excluding hydrogens is 488 g/mol. The molecule has 1 aliphatic heterocycles. The third-order valence-corrected chi connectivity index (χ3v) is 6.41. The summed E-state index contributed by atoms with van der Waals surface area (Å²) in [5, 5.41) is 18.0. The number of hydrogen-bond donors (Lipinski definition) is 1. The van der Waals surface area contributed by atoms with E-state index in [0.29, 0.717) is 23.6 Å². The van der Waals surface area contributed by atoms with Gasteiger partial charge in [-0.25, -0.2) is 23.1 Å². The number of rotatable bonds is 8. The lowest BCUT2D eigenvalue weighted by molar-refractivity contribution is -0.146. The van der Waals surface area contributed by atoms with Crippen molar-refractivity contribution in [1.29, 1.82) is 0 Å². The number of piperazine rings is 1. The quantitative estimate of drug-likeness (QED) is 0.556. The number of carboxylic acids is 1. The molecule has 1 aromatic heterocycles. The maximum Gasteiger partial charge on any atom is 0.411 e. The van der Waals surface area contributed by atoms with Crippen LogP contribution < -0.4 is 0 Å². The molecule has 2 heterocycles. The van der Waals surface area contributed by atoms with E-state index in [1.807, 2.05) is 18.7 Å². The van der Waals surface area contributed by atoms with Gasteiger partial charge in [-0.15, -0.1) is 5.10 Å². The maximum atomic E-state index is 12.9. The number of benzene rings is 1. The van der Waals surface area contributed by atoms with Gasteiger partial charge in [-0.3, -0.25) is 9.80 Å². The van der Waals surface area contributed by atoms with Crippen LogP contribution in [0, 0.1) is 6.92 Å². The Morgan fingerprint density at radius 3 is 2.38 bits per heavy atom. The summed E-state index contributed by atoms with van der Waals surface area (Å²) >= 11 is 0. The largest absolute Gasteiger partial charge is 0.480 e. The minimum Gasteiger partial charge on any atom is -0.480 e. The lowest BCUT2D eigenvalue weighted by Gasteiger charge is -2.43. The molecule has 204 valence electrons. The molecule has 12 heteroatoms. The molecule has 0 bridgehead atoms. The number of carboxylic acid groups (broad SMARTS) is 1. The van der Waals surface area contributed by atoms with Gasteiger partial charge in [0.15, 0.2) is 0 Å². The SMILES string of the molecule is Cc1nnn(-c2ccc(C(F)F)cc2)c1COC(C)[C@H](C)N1CCN(C(=O)OC(C)(C)C)[C@H](C(=O)O)C1. The summed E-state index contributed by atoms with van der Waals surface area (Å²) in [6, 6.07) is 4.62. The van der Waals surface area contributed by atoms with E-state index in [1.54, 1.807) is 44.5 Å². The van der Waals surface area contributed by atoms with Gasteiger partial charge in [0, 0.05) is 31.2 Å². The molecule has 10 nitrogen and oxygen atoms in total. The van der Waals surface area contributed by atoms with Crippen molar-refractivity contribution in [2.75, 3.05) is 19.6 Å². The third kappa shape index (κ3) is 7.01. The van der Waals surface area contributed by atoms with Gasteiger partial charge < -0.3 is 14.6 Å². The van der Waals surface area contributed by atoms with Gasteiger partial charge in [-0.05, 0) is 53.7 Å². The molecule has 1 unspecified atom stereocenters. The van der Waals surface area contributed by atoms with Gasteiger partial charge in [-0.2, -0.15) is 0 Å². The highest BCUT2D eigenvalue weighted by Crippen LogP contribution is 2.23. The van der Waals surface area contributed by atoms with Gasteiger partial charge in [0.2, 0.25) is 0 Å². The zero-order valence-corrected chi connectivity index (χ0v) is 22.0. The predicted molar refractivity (Wildman–Crippen MR) is 131 cm³/mol. The number of alkyl halides is 2. The standard InChI is InChI=1S/C25H35F2N5O5/c1-15-21(32(29-28-15)19-9-7-18(8-10-19)22(26)27)14-36-17(3)16(2)30-11-12-31(20(13-30)23(33)34)24(35)37-25(4,5)6/h7-10,16-17,20,22H,11-14H2,1-6H3,(H,33,34)/t16-,17?,20-/m0/s1. The summed E-state index contributed by atoms with van der Waals surface area (Å²) in [4.78, 5) is 27.7. The van der Waals surface area contributed by atoms with Gasteiger partial charge in [0.25, 0.3) is 6.43 Å². The first-order valence-corrected chi connectivity index (χ1v) is 12.2. The Morgan fingerprint density at radius 1 is 1.16 bits per heavy atom. The number of aryl methyl sites for hydroxylation is 1. The Balaban J connectivity index is 1.65. The van der Waals surface area contributed by atoms with Crippen LogP contribution in [0.25, 0.3) is 5.69 Å². The molecular formula is C25H35F2N5O5. The molecule has 37 heavy (non-hydrogen) atoms. The topological polar surface area (TPSA) is 110 Å². The Hall–Kier alpha value is -3.12. The van der Waals surface area contributed by atoms with Crippen LogP contribution in [0.3, 0.4) is 0 Å².